The van der Waals surface area contributed by atoms with E-state index in [1.165, 1.54) is 4.88 Å². The summed E-state index contributed by atoms with van der Waals surface area (Å²) in [6, 6.07) is 0. The van der Waals surface area contributed by atoms with E-state index >= 15 is 0 Å². The van der Waals surface area contributed by atoms with Crippen LogP contribution >= 0.6 is 11.3 Å². The van der Waals surface area contributed by atoms with Crippen LogP contribution in [0.3, 0.4) is 0 Å². The van der Waals surface area contributed by atoms with Crippen molar-refractivity contribution in [2.75, 3.05) is 13.2 Å². The van der Waals surface area contributed by atoms with Crippen molar-refractivity contribution in [1.29, 1.82) is 0 Å². The predicted molar refractivity (Wildman–Crippen MR) is 68.8 cm³/mol. The summed E-state index contributed by atoms with van der Waals surface area (Å²) in [6.45, 7) is 10.2. The minimum atomic E-state index is -0.00631. The number of nitrogens with zero attached hydrogens (tertiary/aromatic N) is 1. The molecule has 92 valence electrons. The zero-order valence-electron chi connectivity index (χ0n) is 10.6. The summed E-state index contributed by atoms with van der Waals surface area (Å²) in [5.74, 6) is 0. The van der Waals surface area contributed by atoms with Crippen molar-refractivity contribution in [3.05, 3.63) is 15.6 Å². The summed E-state index contributed by atoms with van der Waals surface area (Å²) in [4.78, 5) is 5.70. The van der Waals surface area contributed by atoms with Gasteiger partial charge >= 0.3 is 0 Å². The van der Waals surface area contributed by atoms with Crippen LogP contribution in [0.1, 0.15) is 35.8 Å². The van der Waals surface area contributed by atoms with Gasteiger partial charge in [0, 0.05) is 30.0 Å². The molecule has 0 saturated carbocycles. The van der Waals surface area contributed by atoms with Gasteiger partial charge < -0.3 is 10.4 Å². The minimum Gasteiger partial charge on any atom is -0.396 e. The first kappa shape index (κ1) is 13.6. The molecule has 16 heavy (non-hydrogen) atoms. The molecule has 1 aromatic heterocycles. The summed E-state index contributed by atoms with van der Waals surface area (Å²) >= 11 is 1.74. The molecule has 0 aliphatic carbocycles. The van der Waals surface area contributed by atoms with E-state index in [2.05, 4.69) is 24.1 Å². The second kappa shape index (κ2) is 5.75. The van der Waals surface area contributed by atoms with Gasteiger partial charge in [0.05, 0.1) is 10.7 Å². The van der Waals surface area contributed by atoms with Crippen LogP contribution in [0, 0.1) is 19.3 Å². The number of aryl methyl sites for hydroxylation is 2. The minimum absolute atomic E-state index is 0.00631. The molecule has 0 aliphatic heterocycles. The van der Waals surface area contributed by atoms with E-state index < -0.39 is 0 Å². The normalized spacial score (nSPS) is 15.1. The van der Waals surface area contributed by atoms with Gasteiger partial charge in [0.15, 0.2) is 0 Å². The summed E-state index contributed by atoms with van der Waals surface area (Å²) in [5.41, 5.74) is 1.12. The highest BCUT2D eigenvalue weighted by Gasteiger charge is 2.20. The molecule has 0 bridgehead atoms. The van der Waals surface area contributed by atoms with Gasteiger partial charge in [-0.25, -0.2) is 4.98 Å². The molecule has 0 fully saturated rings. The number of nitrogens with one attached hydrogen (secondary N) is 1. The third-order valence-electron chi connectivity index (χ3n) is 3.07. The molecule has 4 heteroatoms. The molecule has 1 rings (SSSR count). The van der Waals surface area contributed by atoms with Gasteiger partial charge in [-0.05, 0) is 20.3 Å². The Kier molecular flexibility index (Phi) is 4.89. The zero-order chi connectivity index (χ0) is 12.2. The summed E-state index contributed by atoms with van der Waals surface area (Å²) in [7, 11) is 0. The van der Waals surface area contributed by atoms with Crippen molar-refractivity contribution in [2.24, 2.45) is 5.41 Å². The second-order valence-corrected chi connectivity index (χ2v) is 5.96. The van der Waals surface area contributed by atoms with Crippen molar-refractivity contribution in [3.63, 3.8) is 0 Å². The number of aliphatic hydroxyl groups excluding tert-OH is 1. The Morgan fingerprint density at radius 1 is 1.44 bits per heavy atom. The Balaban J connectivity index is 2.44. The number of rotatable bonds is 6. The van der Waals surface area contributed by atoms with Crippen molar-refractivity contribution in [3.8, 4) is 0 Å². The van der Waals surface area contributed by atoms with E-state index in [4.69, 9.17) is 0 Å². The van der Waals surface area contributed by atoms with Gasteiger partial charge in [-0.15, -0.1) is 11.3 Å². The second-order valence-electron chi connectivity index (χ2n) is 4.67. The van der Waals surface area contributed by atoms with Crippen LogP contribution < -0.4 is 5.32 Å². The molecule has 0 radical (unpaired) electrons. The number of thiazole rings is 1. The van der Waals surface area contributed by atoms with Crippen molar-refractivity contribution < 1.29 is 5.11 Å². The standard InChI is InChI=1S/C12H22N2OS/c1-5-12(4,8-15)7-13-6-11-9(2)14-10(3)16-11/h13,15H,5-8H2,1-4H3. The molecule has 1 unspecified atom stereocenters. The van der Waals surface area contributed by atoms with E-state index in [1.54, 1.807) is 11.3 Å². The van der Waals surface area contributed by atoms with Gasteiger partial charge in [0.25, 0.3) is 0 Å². The van der Waals surface area contributed by atoms with Gasteiger partial charge in [-0.1, -0.05) is 13.8 Å². The van der Waals surface area contributed by atoms with Gasteiger partial charge in [0.2, 0.25) is 0 Å². The molecule has 1 heterocycles. The summed E-state index contributed by atoms with van der Waals surface area (Å²) < 4.78 is 0. The van der Waals surface area contributed by atoms with Gasteiger partial charge in [-0.2, -0.15) is 0 Å². The van der Waals surface area contributed by atoms with Gasteiger partial charge in [-0.3, -0.25) is 0 Å². The molecule has 0 spiro atoms. The molecular formula is C12H22N2OS. The van der Waals surface area contributed by atoms with Crippen LogP contribution in [-0.2, 0) is 6.54 Å². The lowest BCUT2D eigenvalue weighted by atomic mass is 9.89. The van der Waals surface area contributed by atoms with Crippen molar-refractivity contribution in [1.82, 2.24) is 10.3 Å². The lowest BCUT2D eigenvalue weighted by molar-refractivity contribution is 0.135. The third-order valence-corrected chi connectivity index (χ3v) is 4.15. The lowest BCUT2D eigenvalue weighted by Gasteiger charge is -2.25. The van der Waals surface area contributed by atoms with E-state index in [0.717, 1.165) is 30.2 Å². The Bertz CT molecular complexity index is 332. The summed E-state index contributed by atoms with van der Waals surface area (Å²) in [6.07, 6.45) is 0.983. The highest BCUT2D eigenvalue weighted by molar-refractivity contribution is 7.11. The average molecular weight is 242 g/mol. The van der Waals surface area contributed by atoms with E-state index in [-0.39, 0.29) is 12.0 Å². The van der Waals surface area contributed by atoms with E-state index in [9.17, 15) is 5.11 Å². The van der Waals surface area contributed by atoms with E-state index in [0.29, 0.717) is 0 Å². The highest BCUT2D eigenvalue weighted by atomic mass is 32.1. The molecule has 0 aromatic carbocycles. The third kappa shape index (κ3) is 3.54. The maximum absolute atomic E-state index is 9.29. The average Bonchev–Trinajstić information content (AvgIpc) is 2.57. The molecule has 0 aliphatic rings. The molecule has 0 saturated heterocycles. The van der Waals surface area contributed by atoms with Crippen LogP contribution in [-0.4, -0.2) is 23.2 Å². The highest BCUT2D eigenvalue weighted by Crippen LogP contribution is 2.20. The van der Waals surface area contributed by atoms with Gasteiger partial charge in [0.1, 0.15) is 0 Å². The largest absolute Gasteiger partial charge is 0.396 e. The first-order chi connectivity index (χ1) is 7.50. The fourth-order valence-electron chi connectivity index (χ4n) is 1.51. The zero-order valence-corrected chi connectivity index (χ0v) is 11.4. The number of hydrogen-bond acceptors (Lipinski definition) is 4. The van der Waals surface area contributed by atoms with Crippen LogP contribution in [0.2, 0.25) is 0 Å². The Hall–Kier alpha value is -0.450. The van der Waals surface area contributed by atoms with Crippen molar-refractivity contribution >= 4 is 11.3 Å². The Labute approximate surface area is 102 Å². The maximum atomic E-state index is 9.29. The van der Waals surface area contributed by atoms with Crippen molar-refractivity contribution in [2.45, 2.75) is 40.7 Å². The quantitative estimate of drug-likeness (QED) is 0.804. The first-order valence-corrected chi connectivity index (χ1v) is 6.57. The number of aliphatic hydroxyl groups is 1. The molecule has 1 atom stereocenters. The Morgan fingerprint density at radius 2 is 2.12 bits per heavy atom. The SMILES string of the molecule is CCC(C)(CO)CNCc1sc(C)nc1C. The van der Waals surface area contributed by atoms with Crippen LogP contribution in [0.15, 0.2) is 0 Å². The fraction of sp³-hybridized carbons (Fsp3) is 0.750. The predicted octanol–water partition coefficient (Wildman–Crippen LogP) is 2.26. The number of hydrogen-bond donors (Lipinski definition) is 2. The topological polar surface area (TPSA) is 45.1 Å². The molecule has 1 aromatic rings. The Morgan fingerprint density at radius 3 is 2.56 bits per heavy atom. The fourth-order valence-corrected chi connectivity index (χ4v) is 2.41. The molecule has 0 amide bonds. The molecule has 2 N–H and O–H groups in total. The lowest BCUT2D eigenvalue weighted by Crippen LogP contribution is -2.34. The van der Waals surface area contributed by atoms with E-state index in [1.807, 2.05) is 13.8 Å². The number of aromatic nitrogens is 1. The molecule has 3 nitrogen and oxygen atoms in total. The maximum Gasteiger partial charge on any atom is 0.0900 e. The molecular weight excluding hydrogens is 220 g/mol. The first-order valence-electron chi connectivity index (χ1n) is 5.75. The van der Waals surface area contributed by atoms with Crippen LogP contribution in [0.5, 0.6) is 0 Å². The summed E-state index contributed by atoms with van der Waals surface area (Å²) in [5, 5.41) is 13.8. The van der Waals surface area contributed by atoms with Crippen LogP contribution in [0.4, 0.5) is 0 Å². The van der Waals surface area contributed by atoms with Crippen LogP contribution in [0.25, 0.3) is 0 Å². The monoisotopic (exact) mass is 242 g/mol. The smallest absolute Gasteiger partial charge is 0.0900 e.